The van der Waals surface area contributed by atoms with Crippen LogP contribution in [0.5, 0.6) is 0 Å². The molecule has 6 heteroatoms. The van der Waals surface area contributed by atoms with Crippen molar-refractivity contribution in [1.82, 2.24) is 15.2 Å². The number of benzene rings is 2. The summed E-state index contributed by atoms with van der Waals surface area (Å²) in [4.78, 5) is 25.8. The molecule has 4 rings (SSSR count). The molecule has 0 aliphatic heterocycles. The van der Waals surface area contributed by atoms with Gasteiger partial charge in [-0.15, -0.1) is 11.8 Å². The van der Waals surface area contributed by atoms with Crippen molar-refractivity contribution in [1.29, 1.82) is 0 Å². The number of nitrogens with one attached hydrogen (secondary N) is 2. The van der Waals surface area contributed by atoms with Gasteiger partial charge in [0, 0.05) is 46.7 Å². The molecule has 5 nitrogen and oxygen atoms in total. The summed E-state index contributed by atoms with van der Waals surface area (Å²) in [6.45, 7) is 3.22. The van der Waals surface area contributed by atoms with Crippen molar-refractivity contribution in [2.24, 2.45) is 0 Å². The second-order valence-electron chi connectivity index (χ2n) is 8.16. The number of para-hydroxylation sites is 1. The largest absolute Gasteiger partial charge is 0.353 e. The Morgan fingerprint density at radius 3 is 2.58 bits per heavy atom. The van der Waals surface area contributed by atoms with Crippen LogP contribution in [-0.4, -0.2) is 34.7 Å². The van der Waals surface area contributed by atoms with Crippen LogP contribution >= 0.6 is 11.8 Å². The Kier molecular flexibility index (Phi) is 6.97. The number of rotatable bonds is 8. The number of amides is 2. The van der Waals surface area contributed by atoms with E-state index in [1.165, 1.54) is 12.8 Å². The summed E-state index contributed by atoms with van der Waals surface area (Å²) in [6.07, 6.45) is 6.72. The molecule has 1 aliphatic carbocycles. The number of carbonyl (C=O) groups is 2. The van der Waals surface area contributed by atoms with Crippen LogP contribution in [0.1, 0.15) is 41.6 Å². The first kappa shape index (κ1) is 21.5. The Hall–Kier alpha value is -2.73. The summed E-state index contributed by atoms with van der Waals surface area (Å²) >= 11 is 1.58. The van der Waals surface area contributed by atoms with Gasteiger partial charge in [-0.1, -0.05) is 48.7 Å². The Balaban J connectivity index is 1.36. The number of aryl methyl sites for hydroxylation is 1. The topological polar surface area (TPSA) is 63.1 Å². The molecule has 0 atom stereocenters. The molecular weight excluding hydrogens is 406 g/mol. The quantitative estimate of drug-likeness (QED) is 0.511. The molecule has 1 aromatic heterocycles. The molecule has 2 aromatic carbocycles. The molecule has 1 heterocycles. The highest BCUT2D eigenvalue weighted by Crippen LogP contribution is 2.30. The van der Waals surface area contributed by atoms with E-state index in [9.17, 15) is 9.59 Å². The van der Waals surface area contributed by atoms with E-state index in [1.807, 2.05) is 43.3 Å². The van der Waals surface area contributed by atoms with Gasteiger partial charge in [-0.05, 0) is 38.0 Å². The summed E-state index contributed by atoms with van der Waals surface area (Å²) in [6, 6.07) is 16.2. The zero-order valence-corrected chi connectivity index (χ0v) is 18.7. The fraction of sp³-hybridized carbons (Fsp3) is 0.360. The summed E-state index contributed by atoms with van der Waals surface area (Å²) in [5.74, 6) is 0.475. The maximum Gasteiger partial charge on any atom is 0.251 e. The van der Waals surface area contributed by atoms with Crippen LogP contribution in [0.2, 0.25) is 0 Å². The predicted octanol–water partition coefficient (Wildman–Crippen LogP) is 4.53. The van der Waals surface area contributed by atoms with Crippen molar-refractivity contribution in [3.8, 4) is 0 Å². The van der Waals surface area contributed by atoms with Crippen molar-refractivity contribution in [2.45, 2.75) is 50.1 Å². The third-order valence-corrected chi connectivity index (χ3v) is 6.83. The summed E-state index contributed by atoms with van der Waals surface area (Å²) in [7, 11) is 0. The molecule has 0 bridgehead atoms. The van der Waals surface area contributed by atoms with Gasteiger partial charge in [0.25, 0.3) is 5.91 Å². The van der Waals surface area contributed by atoms with Crippen LogP contribution in [0.4, 0.5) is 0 Å². The molecule has 3 aromatic rings. The fourth-order valence-electron chi connectivity index (χ4n) is 4.09. The minimum Gasteiger partial charge on any atom is -0.353 e. The van der Waals surface area contributed by atoms with E-state index in [0.717, 1.165) is 34.2 Å². The third-order valence-electron chi connectivity index (χ3n) is 5.78. The Morgan fingerprint density at radius 1 is 1.06 bits per heavy atom. The lowest BCUT2D eigenvalue weighted by Gasteiger charge is -2.11. The Bertz CT molecular complexity index is 1050. The SMILES string of the molecule is Cc1ccc(C(=O)NCCn2cc(SCC(=O)NC3CCCC3)c3ccccc32)cc1. The van der Waals surface area contributed by atoms with Crippen LogP contribution in [0.15, 0.2) is 59.6 Å². The lowest BCUT2D eigenvalue weighted by molar-refractivity contribution is -0.119. The van der Waals surface area contributed by atoms with Gasteiger partial charge in [-0.3, -0.25) is 9.59 Å². The molecule has 1 fully saturated rings. The first-order chi connectivity index (χ1) is 15.1. The van der Waals surface area contributed by atoms with Gasteiger partial charge in [-0.25, -0.2) is 0 Å². The Labute approximate surface area is 187 Å². The normalized spacial score (nSPS) is 14.1. The van der Waals surface area contributed by atoms with E-state index < -0.39 is 0 Å². The van der Waals surface area contributed by atoms with E-state index >= 15 is 0 Å². The third kappa shape index (κ3) is 5.50. The highest BCUT2D eigenvalue weighted by Gasteiger charge is 2.18. The van der Waals surface area contributed by atoms with Crippen molar-refractivity contribution in [3.05, 3.63) is 65.9 Å². The molecular formula is C25H29N3O2S. The molecule has 1 aliphatic rings. The summed E-state index contributed by atoms with van der Waals surface area (Å²) in [5.41, 5.74) is 2.93. The Morgan fingerprint density at radius 2 is 1.81 bits per heavy atom. The second-order valence-corrected chi connectivity index (χ2v) is 9.18. The van der Waals surface area contributed by atoms with E-state index in [0.29, 0.717) is 30.4 Å². The minimum absolute atomic E-state index is 0.0605. The van der Waals surface area contributed by atoms with E-state index in [-0.39, 0.29) is 11.8 Å². The van der Waals surface area contributed by atoms with E-state index in [1.54, 1.807) is 11.8 Å². The molecule has 31 heavy (non-hydrogen) atoms. The lowest BCUT2D eigenvalue weighted by Crippen LogP contribution is -2.33. The van der Waals surface area contributed by atoms with Crippen molar-refractivity contribution >= 4 is 34.5 Å². The molecule has 0 saturated heterocycles. The van der Waals surface area contributed by atoms with Crippen molar-refractivity contribution in [3.63, 3.8) is 0 Å². The number of hydrogen-bond donors (Lipinski definition) is 2. The van der Waals surface area contributed by atoms with Crippen LogP contribution in [-0.2, 0) is 11.3 Å². The first-order valence-electron chi connectivity index (χ1n) is 10.9. The number of hydrogen-bond acceptors (Lipinski definition) is 3. The van der Waals surface area contributed by atoms with E-state index in [4.69, 9.17) is 0 Å². The first-order valence-corrected chi connectivity index (χ1v) is 11.9. The average molecular weight is 436 g/mol. The zero-order chi connectivity index (χ0) is 21.6. The number of aromatic nitrogens is 1. The maximum atomic E-state index is 12.4. The molecule has 2 amide bonds. The molecule has 0 spiro atoms. The lowest BCUT2D eigenvalue weighted by atomic mass is 10.1. The summed E-state index contributed by atoms with van der Waals surface area (Å²) < 4.78 is 2.15. The molecule has 0 unspecified atom stereocenters. The highest BCUT2D eigenvalue weighted by atomic mass is 32.2. The van der Waals surface area contributed by atoms with Gasteiger partial charge in [0.15, 0.2) is 0 Å². The van der Waals surface area contributed by atoms with Gasteiger partial charge >= 0.3 is 0 Å². The molecule has 162 valence electrons. The van der Waals surface area contributed by atoms with E-state index in [2.05, 4.69) is 33.5 Å². The van der Waals surface area contributed by atoms with Crippen molar-refractivity contribution < 1.29 is 9.59 Å². The fourth-order valence-corrected chi connectivity index (χ4v) is 4.99. The average Bonchev–Trinajstić information content (AvgIpc) is 3.41. The molecule has 0 radical (unpaired) electrons. The molecule has 1 saturated carbocycles. The number of thioether (sulfide) groups is 1. The van der Waals surface area contributed by atoms with Gasteiger partial charge < -0.3 is 15.2 Å². The molecule has 2 N–H and O–H groups in total. The zero-order valence-electron chi connectivity index (χ0n) is 17.9. The van der Waals surface area contributed by atoms with Crippen LogP contribution in [0.25, 0.3) is 10.9 Å². The van der Waals surface area contributed by atoms with Gasteiger partial charge in [0.05, 0.1) is 5.75 Å². The van der Waals surface area contributed by atoms with Crippen LogP contribution < -0.4 is 10.6 Å². The smallest absolute Gasteiger partial charge is 0.251 e. The van der Waals surface area contributed by atoms with Crippen LogP contribution in [0.3, 0.4) is 0 Å². The standard InChI is InChI=1S/C25H29N3O2S/c1-18-10-12-19(13-11-18)25(30)26-14-15-28-16-23(21-8-4-5-9-22(21)28)31-17-24(29)27-20-6-2-3-7-20/h4-5,8-13,16,20H,2-3,6-7,14-15,17H2,1H3,(H,26,30)(H,27,29). The second kappa shape index (κ2) is 10.1. The predicted molar refractivity (Wildman–Crippen MR) is 127 cm³/mol. The monoisotopic (exact) mass is 435 g/mol. The number of carbonyl (C=O) groups excluding carboxylic acids is 2. The van der Waals surface area contributed by atoms with Crippen LogP contribution in [0, 0.1) is 6.92 Å². The van der Waals surface area contributed by atoms with Crippen molar-refractivity contribution in [2.75, 3.05) is 12.3 Å². The number of nitrogens with zero attached hydrogens (tertiary/aromatic N) is 1. The number of fused-ring (bicyclic) bond motifs is 1. The summed E-state index contributed by atoms with van der Waals surface area (Å²) in [5, 5.41) is 7.30. The van der Waals surface area contributed by atoms with Gasteiger partial charge in [0.2, 0.25) is 5.91 Å². The van der Waals surface area contributed by atoms with Gasteiger partial charge in [0.1, 0.15) is 0 Å². The highest BCUT2D eigenvalue weighted by molar-refractivity contribution is 8.00. The maximum absolute atomic E-state index is 12.4. The minimum atomic E-state index is -0.0605. The van der Waals surface area contributed by atoms with Gasteiger partial charge in [-0.2, -0.15) is 0 Å².